The zero-order valence-corrected chi connectivity index (χ0v) is 13.2. The van der Waals surface area contributed by atoms with Crippen molar-refractivity contribution in [2.75, 3.05) is 12.0 Å². The van der Waals surface area contributed by atoms with Gasteiger partial charge in [-0.15, -0.1) is 0 Å². The van der Waals surface area contributed by atoms with Gasteiger partial charge >= 0.3 is 0 Å². The summed E-state index contributed by atoms with van der Waals surface area (Å²) in [6.45, 7) is 0.442. The maximum absolute atomic E-state index is 13.2. The highest BCUT2D eigenvalue weighted by Gasteiger charge is 2.42. The first-order valence-electron chi connectivity index (χ1n) is 7.67. The monoisotopic (exact) mass is 329 g/mol. The Labute approximate surface area is 139 Å². The van der Waals surface area contributed by atoms with Crippen molar-refractivity contribution in [2.45, 2.75) is 19.0 Å². The second-order valence-electron chi connectivity index (χ2n) is 5.65. The molecule has 0 unspecified atom stereocenters. The number of imide groups is 1. The van der Waals surface area contributed by atoms with Gasteiger partial charge in [-0.2, -0.15) is 0 Å². The van der Waals surface area contributed by atoms with Gasteiger partial charge in [-0.3, -0.25) is 9.59 Å². The minimum atomic E-state index is -0.483. The smallest absolute Gasteiger partial charge is 0.292 e. The highest BCUT2D eigenvalue weighted by Crippen LogP contribution is 2.24. The normalized spacial score (nSPS) is 17.4. The highest BCUT2D eigenvalue weighted by atomic mass is 19.1. The molecule has 0 radical (unpaired) electrons. The average molecular weight is 329 g/mol. The van der Waals surface area contributed by atoms with Crippen LogP contribution in [0.2, 0.25) is 0 Å². The molecule has 24 heavy (non-hydrogen) atoms. The minimum absolute atomic E-state index is 0.139. The Morgan fingerprint density at radius 3 is 2.62 bits per heavy atom. The van der Waals surface area contributed by atoms with Gasteiger partial charge in [-0.25, -0.2) is 9.29 Å². The molecule has 2 aromatic rings. The summed E-state index contributed by atoms with van der Waals surface area (Å²) >= 11 is 0. The van der Waals surface area contributed by atoms with E-state index in [9.17, 15) is 14.0 Å². The van der Waals surface area contributed by atoms with Gasteiger partial charge in [-0.1, -0.05) is 12.1 Å². The lowest BCUT2D eigenvalue weighted by atomic mass is 10.2. The molecule has 6 heteroatoms. The van der Waals surface area contributed by atoms with Crippen LogP contribution in [-0.4, -0.2) is 25.0 Å². The number of carbonyl (C=O) groups is 2. The van der Waals surface area contributed by atoms with E-state index in [0.717, 1.165) is 5.56 Å². The van der Waals surface area contributed by atoms with E-state index in [1.54, 1.807) is 48.8 Å². The topological polar surface area (TPSA) is 63.2 Å². The SMILES string of the molecule is COc1ccc(N2C(=O)C[C@H]([NH2+]Cc3cccc(F)c3)C2=O)cc1. The van der Waals surface area contributed by atoms with Crippen LogP contribution in [0.1, 0.15) is 12.0 Å². The molecule has 3 rings (SSSR count). The molecule has 2 amide bonds. The van der Waals surface area contributed by atoms with Crippen molar-refractivity contribution in [1.29, 1.82) is 0 Å². The first kappa shape index (κ1) is 16.1. The molecule has 1 aliphatic rings. The Kier molecular flexibility index (Phi) is 4.57. The number of nitrogens with zero attached hydrogens (tertiary/aromatic N) is 1. The van der Waals surface area contributed by atoms with Crippen LogP contribution < -0.4 is 15.0 Å². The van der Waals surface area contributed by atoms with Crippen molar-refractivity contribution in [1.82, 2.24) is 0 Å². The van der Waals surface area contributed by atoms with Crippen molar-refractivity contribution >= 4 is 17.5 Å². The van der Waals surface area contributed by atoms with Crippen LogP contribution in [0, 0.1) is 5.82 Å². The zero-order valence-electron chi connectivity index (χ0n) is 13.2. The molecule has 1 fully saturated rings. The van der Waals surface area contributed by atoms with E-state index < -0.39 is 6.04 Å². The third-order valence-corrected chi connectivity index (χ3v) is 4.04. The van der Waals surface area contributed by atoms with E-state index in [2.05, 4.69) is 0 Å². The van der Waals surface area contributed by atoms with Crippen LogP contribution in [0.5, 0.6) is 5.75 Å². The predicted octanol–water partition coefficient (Wildman–Crippen LogP) is 1.23. The van der Waals surface area contributed by atoms with E-state index in [1.807, 2.05) is 0 Å². The summed E-state index contributed by atoms with van der Waals surface area (Å²) in [6, 6.07) is 12.5. The third-order valence-electron chi connectivity index (χ3n) is 4.04. The number of amides is 2. The van der Waals surface area contributed by atoms with Crippen LogP contribution in [0.3, 0.4) is 0 Å². The van der Waals surface area contributed by atoms with E-state index >= 15 is 0 Å². The van der Waals surface area contributed by atoms with Gasteiger partial charge in [0.25, 0.3) is 5.91 Å². The van der Waals surface area contributed by atoms with Crippen molar-refractivity contribution in [3.8, 4) is 5.75 Å². The third kappa shape index (κ3) is 3.28. The Morgan fingerprint density at radius 2 is 1.96 bits per heavy atom. The van der Waals surface area contributed by atoms with Gasteiger partial charge in [0, 0.05) is 5.56 Å². The number of benzene rings is 2. The van der Waals surface area contributed by atoms with Crippen molar-refractivity contribution in [3.63, 3.8) is 0 Å². The Balaban J connectivity index is 1.69. The molecule has 2 aromatic carbocycles. The summed E-state index contributed by atoms with van der Waals surface area (Å²) in [4.78, 5) is 25.9. The van der Waals surface area contributed by atoms with Crippen molar-refractivity contribution < 1.29 is 24.0 Å². The minimum Gasteiger partial charge on any atom is -0.497 e. The van der Waals surface area contributed by atoms with Gasteiger partial charge < -0.3 is 10.1 Å². The fourth-order valence-electron chi connectivity index (χ4n) is 2.78. The molecule has 2 N–H and O–H groups in total. The molecular weight excluding hydrogens is 311 g/mol. The first-order valence-corrected chi connectivity index (χ1v) is 7.67. The second kappa shape index (κ2) is 6.80. The standard InChI is InChI=1S/C18H17FN2O3/c1-24-15-7-5-14(6-8-15)21-17(22)10-16(18(21)23)20-11-12-3-2-4-13(19)9-12/h2-9,16,20H,10-11H2,1H3/p+1/t16-/m0/s1. The number of anilines is 1. The van der Waals surface area contributed by atoms with Gasteiger partial charge in [0.15, 0.2) is 6.04 Å². The number of halogens is 1. The van der Waals surface area contributed by atoms with Gasteiger partial charge in [0.1, 0.15) is 18.1 Å². The van der Waals surface area contributed by atoms with Crippen molar-refractivity contribution in [3.05, 3.63) is 59.9 Å². The molecule has 1 heterocycles. The second-order valence-corrected chi connectivity index (χ2v) is 5.65. The van der Waals surface area contributed by atoms with Crippen LogP contribution in [0.15, 0.2) is 48.5 Å². The van der Waals surface area contributed by atoms with E-state index in [4.69, 9.17) is 4.74 Å². The summed E-state index contributed by atoms with van der Waals surface area (Å²) in [6.07, 6.45) is 0.139. The summed E-state index contributed by atoms with van der Waals surface area (Å²) in [5.74, 6) is -0.131. The number of nitrogens with two attached hydrogens (primary N) is 1. The number of hydrogen-bond acceptors (Lipinski definition) is 3. The summed E-state index contributed by atoms with van der Waals surface area (Å²) in [7, 11) is 1.55. The molecule has 0 aromatic heterocycles. The summed E-state index contributed by atoms with van der Waals surface area (Å²) in [5, 5.41) is 1.78. The van der Waals surface area contributed by atoms with Crippen LogP contribution in [-0.2, 0) is 16.1 Å². The maximum Gasteiger partial charge on any atom is 0.292 e. The highest BCUT2D eigenvalue weighted by molar-refractivity contribution is 6.21. The quantitative estimate of drug-likeness (QED) is 0.839. The molecule has 1 atom stereocenters. The number of carbonyl (C=O) groups excluding carboxylic acids is 2. The fraction of sp³-hybridized carbons (Fsp3) is 0.222. The van der Waals surface area contributed by atoms with Crippen molar-refractivity contribution in [2.24, 2.45) is 0 Å². The molecule has 124 valence electrons. The first-order chi connectivity index (χ1) is 11.6. The molecule has 5 nitrogen and oxygen atoms in total. The van der Waals surface area contributed by atoms with Gasteiger partial charge in [0.05, 0.1) is 19.2 Å². The molecule has 0 bridgehead atoms. The lowest BCUT2D eigenvalue weighted by Gasteiger charge is -2.14. The zero-order chi connectivity index (χ0) is 17.1. The number of hydrogen-bond donors (Lipinski definition) is 1. The maximum atomic E-state index is 13.2. The lowest BCUT2D eigenvalue weighted by molar-refractivity contribution is -0.690. The number of quaternary nitrogens is 1. The number of methoxy groups -OCH3 is 1. The fourth-order valence-corrected chi connectivity index (χ4v) is 2.78. The summed E-state index contributed by atoms with van der Waals surface area (Å²) < 4.78 is 18.3. The van der Waals surface area contributed by atoms with Gasteiger partial charge in [0.2, 0.25) is 5.91 Å². The Bertz CT molecular complexity index is 761. The Hall–Kier alpha value is -2.73. The largest absolute Gasteiger partial charge is 0.497 e. The number of ether oxygens (including phenoxy) is 1. The van der Waals surface area contributed by atoms with Crippen LogP contribution >= 0.6 is 0 Å². The van der Waals surface area contributed by atoms with E-state index in [0.29, 0.717) is 18.0 Å². The van der Waals surface area contributed by atoms with Crippen LogP contribution in [0.25, 0.3) is 0 Å². The van der Waals surface area contributed by atoms with Gasteiger partial charge in [-0.05, 0) is 36.4 Å². The lowest BCUT2D eigenvalue weighted by Crippen LogP contribution is -2.90. The number of rotatable bonds is 5. The van der Waals surface area contributed by atoms with E-state index in [1.165, 1.54) is 17.0 Å². The Morgan fingerprint density at radius 1 is 1.21 bits per heavy atom. The van der Waals surface area contributed by atoms with E-state index in [-0.39, 0.29) is 24.1 Å². The van der Waals surface area contributed by atoms with Crippen LogP contribution in [0.4, 0.5) is 10.1 Å². The molecule has 0 saturated carbocycles. The molecule has 1 aliphatic heterocycles. The molecule has 1 saturated heterocycles. The summed E-state index contributed by atoms with van der Waals surface area (Å²) in [5.41, 5.74) is 1.31. The predicted molar refractivity (Wildman–Crippen MR) is 85.9 cm³/mol. The molecule has 0 aliphatic carbocycles. The molecular formula is C18H18FN2O3+. The average Bonchev–Trinajstić information content (AvgIpc) is 2.87. The molecule has 0 spiro atoms.